The van der Waals surface area contributed by atoms with Gasteiger partial charge in [0.25, 0.3) is 10.0 Å². The van der Waals surface area contributed by atoms with E-state index >= 15 is 0 Å². The average Bonchev–Trinajstić information content (AvgIpc) is 2.74. The molecule has 0 saturated heterocycles. The van der Waals surface area contributed by atoms with Crippen LogP contribution < -0.4 is 4.31 Å². The van der Waals surface area contributed by atoms with E-state index in [9.17, 15) is 17.6 Å². The molecule has 3 rings (SSSR count). The van der Waals surface area contributed by atoms with Gasteiger partial charge in [-0.1, -0.05) is 42.5 Å². The van der Waals surface area contributed by atoms with Crippen molar-refractivity contribution in [2.45, 2.75) is 25.3 Å². The molecule has 0 saturated carbocycles. The minimum atomic E-state index is -3.90. The van der Waals surface area contributed by atoms with Crippen LogP contribution in [0.15, 0.2) is 77.7 Å². The number of halogens is 1. The topological polar surface area (TPSA) is 63.7 Å². The van der Waals surface area contributed by atoms with Crippen LogP contribution in [0.5, 0.6) is 0 Å². The normalized spacial score (nSPS) is 11.2. The molecule has 0 unspecified atom stereocenters. The zero-order valence-corrected chi connectivity index (χ0v) is 17.5. The first-order valence-electron chi connectivity index (χ1n) is 9.43. The predicted octanol–water partition coefficient (Wildman–Crippen LogP) is 4.71. The maximum Gasteiger partial charge on any atom is 0.338 e. The lowest BCUT2D eigenvalue weighted by atomic mass is 10.1. The lowest BCUT2D eigenvalue weighted by Crippen LogP contribution is -2.31. The van der Waals surface area contributed by atoms with Crippen molar-refractivity contribution in [1.82, 2.24) is 0 Å². The van der Waals surface area contributed by atoms with E-state index in [2.05, 4.69) is 0 Å². The van der Waals surface area contributed by atoms with E-state index in [1.54, 1.807) is 62.4 Å². The fourth-order valence-electron chi connectivity index (χ4n) is 3.05. The van der Waals surface area contributed by atoms with Crippen LogP contribution in [0.4, 0.5) is 10.1 Å². The molecule has 0 N–H and O–H groups in total. The van der Waals surface area contributed by atoms with Gasteiger partial charge in [-0.25, -0.2) is 17.6 Å². The number of sulfonamides is 1. The number of ether oxygens (including phenoxy) is 1. The molecule has 0 amide bonds. The number of para-hydroxylation sites is 1. The SMILES string of the molecule is CCN(c1ccccc1)S(=O)(=O)c1cc(C(=O)OCc2ccccc2F)ccc1C. The zero-order chi connectivity index (χ0) is 21.7. The van der Waals surface area contributed by atoms with E-state index in [1.807, 2.05) is 0 Å². The molecule has 0 bridgehead atoms. The smallest absolute Gasteiger partial charge is 0.338 e. The third-order valence-electron chi connectivity index (χ3n) is 4.64. The van der Waals surface area contributed by atoms with Gasteiger partial charge in [0.05, 0.1) is 16.1 Å². The molecule has 0 aliphatic rings. The summed E-state index contributed by atoms with van der Waals surface area (Å²) in [5, 5.41) is 0. The number of hydrogen-bond donors (Lipinski definition) is 0. The second-order valence-corrected chi connectivity index (χ2v) is 8.48. The number of carbonyl (C=O) groups is 1. The molecular weight excluding hydrogens is 405 g/mol. The molecule has 7 heteroatoms. The van der Waals surface area contributed by atoms with Gasteiger partial charge in [0, 0.05) is 12.1 Å². The van der Waals surface area contributed by atoms with Crippen LogP contribution in [0, 0.1) is 12.7 Å². The Kier molecular flexibility index (Phi) is 6.52. The number of aryl methyl sites for hydroxylation is 1. The Balaban J connectivity index is 1.89. The summed E-state index contributed by atoms with van der Waals surface area (Å²) >= 11 is 0. The molecule has 3 aromatic carbocycles. The van der Waals surface area contributed by atoms with E-state index in [1.165, 1.54) is 28.6 Å². The van der Waals surface area contributed by atoms with Gasteiger partial charge in [-0.2, -0.15) is 0 Å². The fraction of sp³-hybridized carbons (Fsp3) is 0.174. The van der Waals surface area contributed by atoms with Crippen molar-refractivity contribution in [2.24, 2.45) is 0 Å². The molecule has 0 fully saturated rings. The number of anilines is 1. The zero-order valence-electron chi connectivity index (χ0n) is 16.7. The van der Waals surface area contributed by atoms with Gasteiger partial charge in [0.1, 0.15) is 12.4 Å². The van der Waals surface area contributed by atoms with Crippen molar-refractivity contribution in [1.29, 1.82) is 0 Å². The Bertz CT molecular complexity index is 1150. The monoisotopic (exact) mass is 427 g/mol. The molecule has 0 aromatic heterocycles. The number of benzene rings is 3. The Morgan fingerprint density at radius 1 is 1.00 bits per heavy atom. The van der Waals surface area contributed by atoms with E-state index < -0.39 is 21.8 Å². The van der Waals surface area contributed by atoms with Crippen LogP contribution >= 0.6 is 0 Å². The molecule has 0 heterocycles. The first-order chi connectivity index (χ1) is 14.3. The van der Waals surface area contributed by atoms with Crippen molar-refractivity contribution < 1.29 is 22.3 Å². The summed E-state index contributed by atoms with van der Waals surface area (Å²) in [5.74, 6) is -1.20. The maximum absolute atomic E-state index is 13.7. The molecule has 0 radical (unpaired) electrons. The second-order valence-electron chi connectivity index (χ2n) is 6.65. The van der Waals surface area contributed by atoms with Crippen LogP contribution in [-0.4, -0.2) is 20.9 Å². The standard InChI is InChI=1S/C23H22FNO4S/c1-3-25(20-10-5-4-6-11-20)30(27,28)22-15-18(14-13-17(22)2)23(26)29-16-19-9-7-8-12-21(19)24/h4-15H,3,16H2,1-2H3. The van der Waals surface area contributed by atoms with Crippen molar-refractivity contribution in [3.05, 3.63) is 95.3 Å². The maximum atomic E-state index is 13.7. The van der Waals surface area contributed by atoms with Gasteiger partial charge < -0.3 is 4.74 Å². The first kappa shape index (κ1) is 21.5. The highest BCUT2D eigenvalue weighted by molar-refractivity contribution is 7.92. The van der Waals surface area contributed by atoms with Crippen molar-refractivity contribution in [2.75, 3.05) is 10.8 Å². The van der Waals surface area contributed by atoms with Gasteiger partial charge >= 0.3 is 5.97 Å². The summed E-state index contributed by atoms with van der Waals surface area (Å²) < 4.78 is 46.8. The number of hydrogen-bond acceptors (Lipinski definition) is 4. The van der Waals surface area contributed by atoms with Crippen molar-refractivity contribution in [3.63, 3.8) is 0 Å². The molecule has 5 nitrogen and oxygen atoms in total. The van der Waals surface area contributed by atoms with Crippen LogP contribution in [0.1, 0.15) is 28.4 Å². The molecule has 0 spiro atoms. The molecule has 0 aliphatic heterocycles. The highest BCUT2D eigenvalue weighted by Crippen LogP contribution is 2.26. The van der Waals surface area contributed by atoms with E-state index in [-0.39, 0.29) is 29.2 Å². The van der Waals surface area contributed by atoms with Gasteiger partial charge in [-0.05, 0) is 49.7 Å². The first-order valence-corrected chi connectivity index (χ1v) is 10.9. The Hall–Kier alpha value is -3.19. The third kappa shape index (κ3) is 4.52. The van der Waals surface area contributed by atoms with Crippen LogP contribution in [0.3, 0.4) is 0 Å². The van der Waals surface area contributed by atoms with E-state index in [4.69, 9.17) is 4.74 Å². The van der Waals surface area contributed by atoms with E-state index in [0.29, 0.717) is 11.3 Å². The lowest BCUT2D eigenvalue weighted by Gasteiger charge is -2.24. The molecule has 30 heavy (non-hydrogen) atoms. The van der Waals surface area contributed by atoms with Crippen molar-refractivity contribution in [3.8, 4) is 0 Å². The van der Waals surface area contributed by atoms with Crippen molar-refractivity contribution >= 4 is 21.7 Å². The van der Waals surface area contributed by atoms with Crippen LogP contribution in [-0.2, 0) is 21.4 Å². The third-order valence-corrected chi connectivity index (χ3v) is 6.68. The van der Waals surface area contributed by atoms with Gasteiger partial charge in [0.2, 0.25) is 0 Å². The van der Waals surface area contributed by atoms with E-state index in [0.717, 1.165) is 0 Å². The fourth-order valence-corrected chi connectivity index (χ4v) is 4.78. The largest absolute Gasteiger partial charge is 0.457 e. The summed E-state index contributed by atoms with van der Waals surface area (Å²) in [6.45, 7) is 3.40. The lowest BCUT2D eigenvalue weighted by molar-refractivity contribution is 0.0468. The summed E-state index contributed by atoms with van der Waals surface area (Å²) in [6.07, 6.45) is 0. The number of nitrogens with zero attached hydrogens (tertiary/aromatic N) is 1. The quantitative estimate of drug-likeness (QED) is 0.513. The van der Waals surface area contributed by atoms with Gasteiger partial charge in [0.15, 0.2) is 0 Å². The van der Waals surface area contributed by atoms with Crippen LogP contribution in [0.25, 0.3) is 0 Å². The predicted molar refractivity (Wildman–Crippen MR) is 113 cm³/mol. The summed E-state index contributed by atoms with van der Waals surface area (Å²) in [4.78, 5) is 12.5. The van der Waals surface area contributed by atoms with Gasteiger partial charge in [-0.3, -0.25) is 4.31 Å². The molecule has 3 aromatic rings. The second kappa shape index (κ2) is 9.09. The number of esters is 1. The minimum absolute atomic E-state index is 0.0218. The highest BCUT2D eigenvalue weighted by Gasteiger charge is 2.26. The number of carbonyl (C=O) groups excluding carboxylic acids is 1. The molecule has 0 atom stereocenters. The molecular formula is C23H22FNO4S. The summed E-state index contributed by atoms with van der Waals surface area (Å²) in [7, 11) is -3.90. The molecule has 0 aliphatic carbocycles. The Labute approximate surface area is 175 Å². The summed E-state index contributed by atoms with van der Waals surface area (Å²) in [6, 6.07) is 19.1. The Morgan fingerprint density at radius 2 is 1.67 bits per heavy atom. The average molecular weight is 427 g/mol. The van der Waals surface area contributed by atoms with Gasteiger partial charge in [-0.15, -0.1) is 0 Å². The number of rotatable bonds is 7. The molecule has 156 valence electrons. The Morgan fingerprint density at radius 3 is 2.33 bits per heavy atom. The van der Waals surface area contributed by atoms with Crippen LogP contribution in [0.2, 0.25) is 0 Å². The highest BCUT2D eigenvalue weighted by atomic mass is 32.2. The minimum Gasteiger partial charge on any atom is -0.457 e. The summed E-state index contributed by atoms with van der Waals surface area (Å²) in [5.41, 5.74) is 1.37.